The Labute approximate surface area is 96.4 Å². The Kier molecular flexibility index (Phi) is 8.07. The highest BCUT2D eigenvalue weighted by Gasteiger charge is 2.15. The largest absolute Gasteiger partial charge is 0.315 e. The van der Waals surface area contributed by atoms with Gasteiger partial charge in [-0.1, -0.05) is 41.0 Å². The minimum Gasteiger partial charge on any atom is -0.315 e. The topological polar surface area (TPSA) is 15.3 Å². The molecule has 15 heavy (non-hydrogen) atoms. The second-order valence-electron chi connectivity index (χ2n) is 5.00. The van der Waals surface area contributed by atoms with E-state index in [9.17, 15) is 0 Å². The monoisotopic (exact) mass is 214 g/mol. The van der Waals surface area contributed by atoms with Gasteiger partial charge in [0.15, 0.2) is 0 Å². The average Bonchev–Trinajstić information content (AvgIpc) is 2.22. The van der Waals surface area contributed by atoms with E-state index < -0.39 is 0 Å². The quantitative estimate of drug-likeness (QED) is 0.668. The van der Waals surface area contributed by atoms with E-state index >= 15 is 0 Å². The molecule has 0 aromatic rings. The first-order valence-corrected chi connectivity index (χ1v) is 6.44. The highest BCUT2D eigenvalue weighted by molar-refractivity contribution is 4.74. The molecule has 0 saturated carbocycles. The number of nitrogens with zero attached hydrogens (tertiary/aromatic N) is 1. The van der Waals surface area contributed by atoms with Crippen molar-refractivity contribution in [2.24, 2.45) is 11.8 Å². The second-order valence-corrected chi connectivity index (χ2v) is 5.00. The molecule has 0 spiro atoms. The Morgan fingerprint density at radius 2 is 1.67 bits per heavy atom. The standard InChI is InChI=1S/C13H30N2/c1-7-12(5)9-15(8-2)10-13(14-6)11(3)4/h11-14H,7-10H2,1-6H3. The molecular weight excluding hydrogens is 184 g/mol. The highest BCUT2D eigenvalue weighted by atomic mass is 15.1. The van der Waals surface area contributed by atoms with Crippen molar-refractivity contribution < 1.29 is 0 Å². The van der Waals surface area contributed by atoms with Crippen LogP contribution in [0.5, 0.6) is 0 Å². The van der Waals surface area contributed by atoms with Gasteiger partial charge in [0.1, 0.15) is 0 Å². The zero-order chi connectivity index (χ0) is 11.8. The molecule has 2 nitrogen and oxygen atoms in total. The lowest BCUT2D eigenvalue weighted by Crippen LogP contribution is -2.43. The third-order valence-corrected chi connectivity index (χ3v) is 3.34. The Hall–Kier alpha value is -0.0800. The number of hydrogen-bond acceptors (Lipinski definition) is 2. The Bertz CT molecular complexity index is 145. The van der Waals surface area contributed by atoms with Crippen LogP contribution in [0, 0.1) is 11.8 Å². The maximum atomic E-state index is 3.42. The van der Waals surface area contributed by atoms with Crippen molar-refractivity contribution in [1.82, 2.24) is 10.2 Å². The fourth-order valence-corrected chi connectivity index (χ4v) is 1.82. The molecule has 0 saturated heterocycles. The van der Waals surface area contributed by atoms with Gasteiger partial charge in [0.2, 0.25) is 0 Å². The third-order valence-electron chi connectivity index (χ3n) is 3.34. The molecule has 0 bridgehead atoms. The first-order valence-electron chi connectivity index (χ1n) is 6.44. The highest BCUT2D eigenvalue weighted by Crippen LogP contribution is 2.08. The summed E-state index contributed by atoms with van der Waals surface area (Å²) in [7, 11) is 2.07. The zero-order valence-electron chi connectivity index (χ0n) is 11.5. The zero-order valence-corrected chi connectivity index (χ0v) is 11.5. The van der Waals surface area contributed by atoms with E-state index in [1.807, 2.05) is 0 Å². The van der Waals surface area contributed by atoms with Gasteiger partial charge in [-0.15, -0.1) is 0 Å². The van der Waals surface area contributed by atoms with E-state index in [0.29, 0.717) is 12.0 Å². The van der Waals surface area contributed by atoms with Crippen LogP contribution in [0.15, 0.2) is 0 Å². The summed E-state index contributed by atoms with van der Waals surface area (Å²) in [6.45, 7) is 15.0. The molecular formula is C13H30N2. The van der Waals surface area contributed by atoms with Crippen LogP contribution in [0.3, 0.4) is 0 Å². The van der Waals surface area contributed by atoms with Crippen LogP contribution in [0.2, 0.25) is 0 Å². The van der Waals surface area contributed by atoms with Gasteiger partial charge in [0.25, 0.3) is 0 Å². The lowest BCUT2D eigenvalue weighted by molar-refractivity contribution is 0.205. The van der Waals surface area contributed by atoms with Crippen molar-refractivity contribution >= 4 is 0 Å². The minimum absolute atomic E-state index is 0.619. The summed E-state index contributed by atoms with van der Waals surface area (Å²) in [4.78, 5) is 2.56. The van der Waals surface area contributed by atoms with E-state index in [-0.39, 0.29) is 0 Å². The lowest BCUT2D eigenvalue weighted by atomic mass is 10.0. The normalized spacial score (nSPS) is 16.0. The van der Waals surface area contributed by atoms with Gasteiger partial charge >= 0.3 is 0 Å². The van der Waals surface area contributed by atoms with Crippen molar-refractivity contribution in [2.45, 2.75) is 47.1 Å². The van der Waals surface area contributed by atoms with Gasteiger partial charge in [-0.3, -0.25) is 0 Å². The van der Waals surface area contributed by atoms with Crippen molar-refractivity contribution in [3.8, 4) is 0 Å². The molecule has 0 aromatic heterocycles. The number of nitrogens with one attached hydrogen (secondary N) is 1. The van der Waals surface area contributed by atoms with Gasteiger partial charge in [0.05, 0.1) is 0 Å². The third kappa shape index (κ3) is 6.16. The predicted molar refractivity (Wildman–Crippen MR) is 69.3 cm³/mol. The fourth-order valence-electron chi connectivity index (χ4n) is 1.82. The molecule has 2 heteroatoms. The van der Waals surface area contributed by atoms with Gasteiger partial charge < -0.3 is 10.2 Å². The number of likely N-dealkylation sites (N-methyl/N-ethyl adjacent to an activating group) is 2. The molecule has 0 radical (unpaired) electrons. The summed E-state index contributed by atoms with van der Waals surface area (Å²) >= 11 is 0. The molecule has 0 fully saturated rings. The fraction of sp³-hybridized carbons (Fsp3) is 1.00. The molecule has 0 aliphatic carbocycles. The van der Waals surface area contributed by atoms with Crippen LogP contribution in [0.1, 0.15) is 41.0 Å². The van der Waals surface area contributed by atoms with E-state index in [1.165, 1.54) is 19.5 Å². The van der Waals surface area contributed by atoms with Crippen molar-refractivity contribution in [3.63, 3.8) is 0 Å². The molecule has 0 aromatic carbocycles. The molecule has 2 unspecified atom stereocenters. The SMILES string of the molecule is CCC(C)CN(CC)CC(NC)C(C)C. The second kappa shape index (κ2) is 8.12. The maximum Gasteiger partial charge on any atom is 0.0214 e. The minimum atomic E-state index is 0.619. The molecule has 92 valence electrons. The van der Waals surface area contributed by atoms with Crippen molar-refractivity contribution in [1.29, 1.82) is 0 Å². The Morgan fingerprint density at radius 1 is 1.07 bits per heavy atom. The van der Waals surface area contributed by atoms with Crippen LogP contribution < -0.4 is 5.32 Å². The smallest absolute Gasteiger partial charge is 0.0214 e. The van der Waals surface area contributed by atoms with Gasteiger partial charge in [0, 0.05) is 19.1 Å². The lowest BCUT2D eigenvalue weighted by Gasteiger charge is -2.30. The van der Waals surface area contributed by atoms with Crippen molar-refractivity contribution in [3.05, 3.63) is 0 Å². The average molecular weight is 214 g/mol. The molecule has 0 rings (SSSR count). The van der Waals surface area contributed by atoms with Crippen LogP contribution in [-0.4, -0.2) is 37.6 Å². The molecule has 0 aliphatic rings. The molecule has 0 aliphatic heterocycles. The summed E-state index contributed by atoms with van der Waals surface area (Å²) in [5, 5.41) is 3.42. The van der Waals surface area contributed by atoms with Crippen LogP contribution >= 0.6 is 0 Å². The maximum absolute atomic E-state index is 3.42. The summed E-state index contributed by atoms with van der Waals surface area (Å²) in [6, 6.07) is 0.619. The molecule has 1 N–H and O–H groups in total. The Morgan fingerprint density at radius 3 is 2.00 bits per heavy atom. The van der Waals surface area contributed by atoms with E-state index in [0.717, 1.165) is 12.5 Å². The number of rotatable bonds is 8. The van der Waals surface area contributed by atoms with E-state index in [2.05, 4.69) is 51.9 Å². The summed E-state index contributed by atoms with van der Waals surface area (Å²) < 4.78 is 0. The van der Waals surface area contributed by atoms with E-state index in [4.69, 9.17) is 0 Å². The van der Waals surface area contributed by atoms with Gasteiger partial charge in [-0.2, -0.15) is 0 Å². The molecule has 2 atom stereocenters. The van der Waals surface area contributed by atoms with Crippen LogP contribution in [0.4, 0.5) is 0 Å². The Balaban J connectivity index is 4.06. The molecule has 0 heterocycles. The first kappa shape index (κ1) is 14.9. The first-order chi connectivity index (χ1) is 7.04. The van der Waals surface area contributed by atoms with Gasteiger partial charge in [-0.05, 0) is 25.4 Å². The summed E-state index contributed by atoms with van der Waals surface area (Å²) in [5.74, 6) is 1.52. The van der Waals surface area contributed by atoms with Crippen LogP contribution in [-0.2, 0) is 0 Å². The van der Waals surface area contributed by atoms with E-state index in [1.54, 1.807) is 0 Å². The summed E-state index contributed by atoms with van der Waals surface area (Å²) in [5.41, 5.74) is 0. The molecule has 0 amide bonds. The van der Waals surface area contributed by atoms with Crippen molar-refractivity contribution in [2.75, 3.05) is 26.7 Å². The summed E-state index contributed by atoms with van der Waals surface area (Å²) in [6.07, 6.45) is 1.28. The predicted octanol–water partition coefficient (Wildman–Crippen LogP) is 2.60. The van der Waals surface area contributed by atoms with Gasteiger partial charge in [-0.25, -0.2) is 0 Å². The van der Waals surface area contributed by atoms with Crippen LogP contribution in [0.25, 0.3) is 0 Å². The number of hydrogen-bond donors (Lipinski definition) is 1.